The molecule has 1 aliphatic rings. The highest BCUT2D eigenvalue weighted by Crippen LogP contribution is 2.27. The van der Waals surface area contributed by atoms with E-state index in [-0.39, 0.29) is 11.9 Å². The summed E-state index contributed by atoms with van der Waals surface area (Å²) in [4.78, 5) is 0. The third kappa shape index (κ3) is 1.29. The van der Waals surface area contributed by atoms with Crippen LogP contribution in [0.1, 0.15) is 18.9 Å². The van der Waals surface area contributed by atoms with Crippen molar-refractivity contribution in [3.05, 3.63) is 29.6 Å². The quantitative estimate of drug-likeness (QED) is 0.575. The maximum atomic E-state index is 12.7. The summed E-state index contributed by atoms with van der Waals surface area (Å²) in [5.74, 6) is 0.669. The van der Waals surface area contributed by atoms with Gasteiger partial charge in [0.05, 0.1) is 6.10 Å². The van der Waals surface area contributed by atoms with Crippen LogP contribution in [0, 0.1) is 5.82 Å². The van der Waals surface area contributed by atoms with Crippen LogP contribution in [0.5, 0.6) is 5.75 Å². The van der Waals surface area contributed by atoms with Crippen molar-refractivity contribution in [2.75, 3.05) is 0 Å². The molecule has 64 valence electrons. The second kappa shape index (κ2) is 2.77. The van der Waals surface area contributed by atoms with E-state index < -0.39 is 0 Å². The number of aryl methyl sites for hydroxylation is 1. The first-order valence-electron chi connectivity index (χ1n) is 4.21. The summed E-state index contributed by atoms with van der Waals surface area (Å²) in [5.41, 5.74) is 0.994. The highest BCUT2D eigenvalue weighted by molar-refractivity contribution is 5.35. The van der Waals surface area contributed by atoms with Crippen LogP contribution in [0.3, 0.4) is 0 Å². The zero-order valence-corrected chi connectivity index (χ0v) is 7.01. The number of halogens is 1. The van der Waals surface area contributed by atoms with Crippen molar-refractivity contribution in [3.63, 3.8) is 0 Å². The fraction of sp³-hybridized carbons (Fsp3) is 0.400. The molecule has 0 aliphatic carbocycles. The molecule has 1 heterocycles. The van der Waals surface area contributed by atoms with Crippen molar-refractivity contribution in [2.24, 2.45) is 0 Å². The molecule has 0 saturated heterocycles. The van der Waals surface area contributed by atoms with E-state index in [0.717, 1.165) is 24.2 Å². The Morgan fingerprint density at radius 2 is 2.33 bits per heavy atom. The molecule has 0 spiro atoms. The molecule has 0 aromatic heterocycles. The molecule has 1 nitrogen and oxygen atoms in total. The molecule has 0 N–H and O–H groups in total. The summed E-state index contributed by atoms with van der Waals surface area (Å²) in [5, 5.41) is 0. The molecule has 2 rings (SSSR count). The number of rotatable bonds is 0. The summed E-state index contributed by atoms with van der Waals surface area (Å²) in [6.45, 7) is 2.03. The molecule has 0 radical (unpaired) electrons. The maximum Gasteiger partial charge on any atom is 0.123 e. The minimum atomic E-state index is -0.174. The molecule has 0 unspecified atom stereocenters. The van der Waals surface area contributed by atoms with Gasteiger partial charge in [0.1, 0.15) is 11.6 Å². The van der Waals surface area contributed by atoms with Crippen LogP contribution in [0.25, 0.3) is 0 Å². The van der Waals surface area contributed by atoms with Gasteiger partial charge >= 0.3 is 0 Å². The van der Waals surface area contributed by atoms with Crippen LogP contribution in [0.4, 0.5) is 4.39 Å². The number of hydrogen-bond acceptors (Lipinski definition) is 1. The third-order valence-corrected chi connectivity index (χ3v) is 2.17. The topological polar surface area (TPSA) is 9.23 Å². The van der Waals surface area contributed by atoms with Gasteiger partial charge in [-0.3, -0.25) is 0 Å². The number of ether oxygens (including phenoxy) is 1. The van der Waals surface area contributed by atoms with Gasteiger partial charge in [0.2, 0.25) is 0 Å². The molecular formula is C10H11FO. The van der Waals surface area contributed by atoms with Gasteiger partial charge in [-0.2, -0.15) is 0 Å². The minimum Gasteiger partial charge on any atom is -0.490 e. The van der Waals surface area contributed by atoms with Gasteiger partial charge in [-0.1, -0.05) is 0 Å². The van der Waals surface area contributed by atoms with Gasteiger partial charge in [-0.15, -0.1) is 0 Å². The minimum absolute atomic E-state index is 0.174. The van der Waals surface area contributed by atoms with Crippen molar-refractivity contribution >= 4 is 0 Å². The lowest BCUT2D eigenvalue weighted by Crippen LogP contribution is -2.18. The Kier molecular flexibility index (Phi) is 1.75. The fourth-order valence-corrected chi connectivity index (χ4v) is 1.49. The second-order valence-corrected chi connectivity index (χ2v) is 3.22. The van der Waals surface area contributed by atoms with Crippen molar-refractivity contribution in [1.82, 2.24) is 0 Å². The van der Waals surface area contributed by atoms with Crippen molar-refractivity contribution in [3.8, 4) is 5.75 Å². The van der Waals surface area contributed by atoms with E-state index >= 15 is 0 Å². The molecule has 0 amide bonds. The summed E-state index contributed by atoms with van der Waals surface area (Å²) in [6.07, 6.45) is 2.17. The third-order valence-electron chi connectivity index (χ3n) is 2.17. The summed E-state index contributed by atoms with van der Waals surface area (Å²) >= 11 is 0. The molecule has 0 saturated carbocycles. The van der Waals surface area contributed by atoms with E-state index in [0.29, 0.717) is 0 Å². The Balaban J connectivity index is 2.37. The zero-order valence-electron chi connectivity index (χ0n) is 7.01. The highest BCUT2D eigenvalue weighted by Gasteiger charge is 2.15. The van der Waals surface area contributed by atoms with Gasteiger partial charge in [-0.25, -0.2) is 4.39 Å². The Bertz CT molecular complexity index is 296. The van der Waals surface area contributed by atoms with Crippen LogP contribution in [-0.4, -0.2) is 6.10 Å². The molecule has 12 heavy (non-hydrogen) atoms. The van der Waals surface area contributed by atoms with Gasteiger partial charge in [0.25, 0.3) is 0 Å². The smallest absolute Gasteiger partial charge is 0.123 e. The molecule has 2 heteroatoms. The first-order valence-corrected chi connectivity index (χ1v) is 4.21. The van der Waals surface area contributed by atoms with E-state index in [4.69, 9.17) is 4.74 Å². The SMILES string of the molecule is C[C@H]1CCc2cc(F)ccc2O1. The fourth-order valence-electron chi connectivity index (χ4n) is 1.49. The van der Waals surface area contributed by atoms with Gasteiger partial charge in [-0.05, 0) is 43.5 Å². The number of hydrogen-bond donors (Lipinski definition) is 0. The maximum absolute atomic E-state index is 12.7. The molecule has 1 aromatic rings. The van der Waals surface area contributed by atoms with E-state index in [1.54, 1.807) is 12.1 Å². The predicted molar refractivity (Wildman–Crippen MR) is 44.8 cm³/mol. The lowest BCUT2D eigenvalue weighted by atomic mass is 10.0. The Morgan fingerprint density at radius 1 is 1.50 bits per heavy atom. The Hall–Kier alpha value is -1.05. The molecule has 1 aliphatic heterocycles. The van der Waals surface area contributed by atoms with Crippen molar-refractivity contribution in [2.45, 2.75) is 25.9 Å². The number of benzene rings is 1. The predicted octanol–water partition coefficient (Wildman–Crippen LogP) is 2.54. The summed E-state index contributed by atoms with van der Waals surface area (Å²) < 4.78 is 18.3. The zero-order chi connectivity index (χ0) is 8.55. The molecule has 0 fully saturated rings. The normalized spacial score (nSPS) is 21.3. The molecule has 1 atom stereocenters. The monoisotopic (exact) mass is 166 g/mol. The van der Waals surface area contributed by atoms with Crippen molar-refractivity contribution < 1.29 is 9.13 Å². The highest BCUT2D eigenvalue weighted by atomic mass is 19.1. The van der Waals surface area contributed by atoms with E-state index in [2.05, 4.69) is 0 Å². The Labute approximate surface area is 71.2 Å². The first kappa shape index (κ1) is 7.59. The van der Waals surface area contributed by atoms with Gasteiger partial charge in [0.15, 0.2) is 0 Å². The summed E-state index contributed by atoms with van der Waals surface area (Å²) in [6, 6.07) is 4.71. The van der Waals surface area contributed by atoms with Crippen LogP contribution in [-0.2, 0) is 6.42 Å². The van der Waals surface area contributed by atoms with Gasteiger partial charge in [0, 0.05) is 0 Å². The van der Waals surface area contributed by atoms with Crippen LogP contribution >= 0.6 is 0 Å². The van der Waals surface area contributed by atoms with E-state index in [1.807, 2.05) is 6.92 Å². The lowest BCUT2D eigenvalue weighted by molar-refractivity contribution is 0.192. The summed E-state index contributed by atoms with van der Waals surface area (Å²) in [7, 11) is 0. The number of fused-ring (bicyclic) bond motifs is 1. The van der Waals surface area contributed by atoms with Crippen LogP contribution in [0.15, 0.2) is 18.2 Å². The average Bonchev–Trinajstić information content (AvgIpc) is 2.05. The van der Waals surface area contributed by atoms with Gasteiger partial charge < -0.3 is 4.74 Å². The molecule has 0 bridgehead atoms. The molecular weight excluding hydrogens is 155 g/mol. The Morgan fingerprint density at radius 3 is 3.17 bits per heavy atom. The second-order valence-electron chi connectivity index (χ2n) is 3.22. The lowest BCUT2D eigenvalue weighted by Gasteiger charge is -2.22. The molecule has 1 aromatic carbocycles. The van der Waals surface area contributed by atoms with Crippen LogP contribution < -0.4 is 4.74 Å². The average molecular weight is 166 g/mol. The standard InChI is InChI=1S/C10H11FO/c1-7-2-3-8-6-9(11)4-5-10(8)12-7/h4-7H,2-3H2,1H3/t7-/m0/s1. The van der Waals surface area contributed by atoms with E-state index in [9.17, 15) is 4.39 Å². The van der Waals surface area contributed by atoms with Crippen molar-refractivity contribution in [1.29, 1.82) is 0 Å². The van der Waals surface area contributed by atoms with E-state index in [1.165, 1.54) is 6.07 Å². The van der Waals surface area contributed by atoms with Crippen LogP contribution in [0.2, 0.25) is 0 Å². The first-order chi connectivity index (χ1) is 5.75. The largest absolute Gasteiger partial charge is 0.490 e.